The Morgan fingerprint density at radius 2 is 1.84 bits per heavy atom. The predicted molar refractivity (Wildman–Crippen MR) is 149 cm³/mol. The van der Waals surface area contributed by atoms with Gasteiger partial charge in [-0.05, 0) is 73.8 Å². The lowest BCUT2D eigenvalue weighted by molar-refractivity contribution is 0.102. The highest BCUT2D eigenvalue weighted by atomic mass is 32.1. The molecule has 0 unspecified atom stereocenters. The maximum absolute atomic E-state index is 12.6. The van der Waals surface area contributed by atoms with Crippen LogP contribution in [0.15, 0.2) is 79.1 Å². The van der Waals surface area contributed by atoms with Crippen molar-refractivity contribution in [3.8, 4) is 10.6 Å². The highest BCUT2D eigenvalue weighted by molar-refractivity contribution is 7.18. The Bertz CT molecular complexity index is 1550. The van der Waals surface area contributed by atoms with Crippen LogP contribution in [0.5, 0.6) is 0 Å². The van der Waals surface area contributed by atoms with Crippen LogP contribution >= 0.6 is 11.3 Å². The highest BCUT2D eigenvalue weighted by Gasteiger charge is 2.20. The monoisotopic (exact) mass is 509 g/mol. The molecule has 9 heteroatoms. The van der Waals surface area contributed by atoms with E-state index < -0.39 is 0 Å². The number of hydrogen-bond donors (Lipinski definition) is 4. The zero-order chi connectivity index (χ0) is 25.2. The Hall–Kier alpha value is -4.21. The van der Waals surface area contributed by atoms with Gasteiger partial charge in [0.25, 0.3) is 5.91 Å². The van der Waals surface area contributed by atoms with E-state index in [0.717, 1.165) is 46.0 Å². The molecule has 1 saturated carbocycles. The zero-order valence-corrected chi connectivity index (χ0v) is 21.0. The molecule has 5 N–H and O–H groups in total. The highest BCUT2D eigenvalue weighted by Crippen LogP contribution is 2.32. The normalized spacial score (nSPS) is 13.1. The number of hydrogen-bond acceptors (Lipinski definition) is 7. The summed E-state index contributed by atoms with van der Waals surface area (Å²) in [4.78, 5) is 22.8. The first-order valence-electron chi connectivity index (χ1n) is 12.3. The number of nitrogen functional groups attached to an aromatic ring is 1. The first-order valence-corrected chi connectivity index (χ1v) is 13.1. The molecule has 6 rings (SSSR count). The third-order valence-corrected chi connectivity index (χ3v) is 7.35. The number of thiazole rings is 1. The number of anilines is 4. The quantitative estimate of drug-likeness (QED) is 0.194. The predicted octanol–water partition coefficient (Wildman–Crippen LogP) is 5.54. The minimum atomic E-state index is -0.212. The van der Waals surface area contributed by atoms with Gasteiger partial charge in [-0.15, -0.1) is 0 Å². The summed E-state index contributed by atoms with van der Waals surface area (Å²) in [6.45, 7) is 1.87. The smallest absolute Gasteiger partial charge is 0.255 e. The van der Waals surface area contributed by atoms with Crippen molar-refractivity contribution in [3.63, 3.8) is 0 Å². The molecular weight excluding hydrogens is 482 g/mol. The van der Waals surface area contributed by atoms with E-state index in [1.54, 1.807) is 35.6 Å². The van der Waals surface area contributed by atoms with Gasteiger partial charge >= 0.3 is 0 Å². The van der Waals surface area contributed by atoms with E-state index in [2.05, 4.69) is 42.5 Å². The Labute approximate surface area is 218 Å². The van der Waals surface area contributed by atoms with Gasteiger partial charge < -0.3 is 21.7 Å². The molecule has 2 aromatic carbocycles. The summed E-state index contributed by atoms with van der Waals surface area (Å²) >= 11 is 1.56. The van der Waals surface area contributed by atoms with E-state index >= 15 is 0 Å². The maximum atomic E-state index is 12.6. The Morgan fingerprint density at radius 3 is 2.65 bits per heavy atom. The molecule has 1 amide bonds. The second-order valence-electron chi connectivity index (χ2n) is 9.20. The van der Waals surface area contributed by atoms with E-state index in [1.165, 1.54) is 18.5 Å². The van der Waals surface area contributed by atoms with Crippen LogP contribution in [-0.2, 0) is 6.54 Å². The number of imidazole rings is 1. The molecule has 0 atom stereocenters. The van der Waals surface area contributed by atoms with Crippen LogP contribution in [-0.4, -0.2) is 26.8 Å². The lowest BCUT2D eigenvalue weighted by atomic mass is 10.2. The fourth-order valence-corrected chi connectivity index (χ4v) is 5.06. The number of amides is 1. The van der Waals surface area contributed by atoms with E-state index in [-0.39, 0.29) is 5.91 Å². The topological polar surface area (TPSA) is 109 Å². The van der Waals surface area contributed by atoms with E-state index in [1.807, 2.05) is 42.7 Å². The zero-order valence-electron chi connectivity index (χ0n) is 20.1. The number of carbonyl (C=O) groups is 1. The molecule has 1 fully saturated rings. The molecule has 5 aromatic rings. The van der Waals surface area contributed by atoms with Gasteiger partial charge in [0.2, 0.25) is 0 Å². The van der Waals surface area contributed by atoms with Gasteiger partial charge in [0.1, 0.15) is 5.65 Å². The van der Waals surface area contributed by atoms with Crippen molar-refractivity contribution in [3.05, 3.63) is 90.4 Å². The molecule has 3 heterocycles. The Morgan fingerprint density at radius 1 is 1.00 bits per heavy atom. The summed E-state index contributed by atoms with van der Waals surface area (Å²) in [6.07, 6.45) is 6.45. The van der Waals surface area contributed by atoms with Crippen LogP contribution in [0.2, 0.25) is 0 Å². The SMILES string of the molecule is Nc1ccccc1NC(=O)c1ccc(Nc2ncc(-c3cnc4cccc(CNCC5CC5)n34)s2)cc1. The number of carbonyl (C=O) groups excluding carboxylic acids is 1. The molecule has 8 nitrogen and oxygen atoms in total. The van der Waals surface area contributed by atoms with Gasteiger partial charge in [-0.25, -0.2) is 9.97 Å². The van der Waals surface area contributed by atoms with Gasteiger partial charge in [0.05, 0.1) is 28.1 Å². The molecule has 186 valence electrons. The van der Waals surface area contributed by atoms with Crippen molar-refractivity contribution in [1.29, 1.82) is 0 Å². The molecule has 0 bridgehead atoms. The molecule has 0 saturated heterocycles. The molecule has 1 aliphatic rings. The number of nitrogens with two attached hydrogens (primary N) is 1. The standard InChI is InChI=1S/C28H27N7OS/c29-22-5-1-2-6-23(22)34-27(36)19-10-12-20(13-11-19)33-28-32-17-25(37-28)24-16-31-26-7-3-4-21(35(24)26)15-30-14-18-8-9-18/h1-7,10-13,16-18,30H,8-9,14-15,29H2,(H,32,33)(H,34,36). The van der Waals surface area contributed by atoms with Gasteiger partial charge in [-0.2, -0.15) is 0 Å². The van der Waals surface area contributed by atoms with Crippen LogP contribution in [0.25, 0.3) is 16.2 Å². The van der Waals surface area contributed by atoms with E-state index in [4.69, 9.17) is 5.73 Å². The first kappa shape index (κ1) is 23.2. The van der Waals surface area contributed by atoms with Gasteiger partial charge in [0.15, 0.2) is 5.13 Å². The van der Waals surface area contributed by atoms with Crippen LogP contribution in [0.1, 0.15) is 28.9 Å². The van der Waals surface area contributed by atoms with Crippen molar-refractivity contribution in [2.45, 2.75) is 19.4 Å². The summed E-state index contributed by atoms with van der Waals surface area (Å²) in [5, 5.41) is 10.5. The van der Waals surface area contributed by atoms with Gasteiger partial charge in [0, 0.05) is 29.7 Å². The number of nitrogens with zero attached hydrogens (tertiary/aromatic N) is 3. The van der Waals surface area contributed by atoms with Crippen LogP contribution < -0.4 is 21.7 Å². The molecule has 0 spiro atoms. The molecule has 37 heavy (non-hydrogen) atoms. The van der Waals surface area contributed by atoms with Crippen LogP contribution in [0.4, 0.5) is 22.2 Å². The molecular formula is C28H27N7OS. The van der Waals surface area contributed by atoms with Crippen molar-refractivity contribution < 1.29 is 4.79 Å². The minimum Gasteiger partial charge on any atom is -0.397 e. The molecule has 0 radical (unpaired) electrons. The lowest BCUT2D eigenvalue weighted by Gasteiger charge is -2.09. The summed E-state index contributed by atoms with van der Waals surface area (Å²) in [5.41, 5.74) is 11.6. The molecule has 3 aromatic heterocycles. The van der Waals surface area contributed by atoms with Crippen molar-refractivity contribution in [2.75, 3.05) is 22.9 Å². The third-order valence-electron chi connectivity index (χ3n) is 6.41. The first-order chi connectivity index (χ1) is 18.1. The van der Waals surface area contributed by atoms with Gasteiger partial charge in [-0.1, -0.05) is 29.5 Å². The number of nitrogens with one attached hydrogen (secondary N) is 3. The minimum absolute atomic E-state index is 0.212. The fourth-order valence-electron chi connectivity index (χ4n) is 4.23. The second kappa shape index (κ2) is 10.0. The van der Waals surface area contributed by atoms with Gasteiger partial charge in [-0.3, -0.25) is 9.20 Å². The third kappa shape index (κ3) is 5.18. The van der Waals surface area contributed by atoms with E-state index in [9.17, 15) is 4.79 Å². The summed E-state index contributed by atoms with van der Waals surface area (Å²) in [5.74, 6) is 0.624. The second-order valence-corrected chi connectivity index (χ2v) is 10.2. The van der Waals surface area contributed by atoms with Crippen LogP contribution in [0, 0.1) is 5.92 Å². The van der Waals surface area contributed by atoms with Crippen LogP contribution in [0.3, 0.4) is 0 Å². The Balaban J connectivity index is 1.15. The number of pyridine rings is 1. The summed E-state index contributed by atoms with van der Waals surface area (Å²) in [6, 6.07) is 20.7. The number of rotatable bonds is 9. The van der Waals surface area contributed by atoms with E-state index in [0.29, 0.717) is 16.9 Å². The summed E-state index contributed by atoms with van der Waals surface area (Å²) < 4.78 is 2.20. The fraction of sp³-hybridized carbons (Fsp3) is 0.179. The maximum Gasteiger partial charge on any atom is 0.255 e. The Kier molecular flexibility index (Phi) is 6.30. The average molecular weight is 510 g/mol. The number of benzene rings is 2. The largest absolute Gasteiger partial charge is 0.397 e. The average Bonchev–Trinajstić information content (AvgIpc) is 3.44. The number of aromatic nitrogens is 3. The van der Waals surface area contributed by atoms with Crippen molar-refractivity contribution >= 4 is 45.1 Å². The number of para-hydroxylation sites is 2. The summed E-state index contributed by atoms with van der Waals surface area (Å²) in [7, 11) is 0. The van der Waals surface area contributed by atoms with Crippen molar-refractivity contribution in [1.82, 2.24) is 19.7 Å². The lowest BCUT2D eigenvalue weighted by Crippen LogP contribution is -2.18. The number of fused-ring (bicyclic) bond motifs is 1. The van der Waals surface area contributed by atoms with Crippen molar-refractivity contribution in [2.24, 2.45) is 5.92 Å². The molecule has 1 aliphatic carbocycles. The molecule has 0 aliphatic heterocycles.